The number of nitrogens with two attached hydrogens (primary N) is 1. The predicted molar refractivity (Wildman–Crippen MR) is 106 cm³/mol. The molecule has 4 rings (SSSR count). The molecule has 1 fully saturated rings. The number of anilines is 1. The number of fused-ring (bicyclic) bond motifs is 1. The Kier molecular flexibility index (Phi) is 4.86. The average molecular weight is 377 g/mol. The van der Waals surface area contributed by atoms with Crippen LogP contribution in [0, 0.1) is 0 Å². The van der Waals surface area contributed by atoms with Crippen molar-refractivity contribution in [1.82, 2.24) is 4.90 Å². The highest BCUT2D eigenvalue weighted by atomic mass is 16.2. The number of hydrogen-bond acceptors (Lipinski definition) is 3. The molecular formula is C22H23N3O3. The molecule has 0 atom stereocenters. The molecule has 2 aromatic carbocycles. The van der Waals surface area contributed by atoms with Gasteiger partial charge in [0.25, 0.3) is 17.7 Å². The maximum atomic E-state index is 13.1. The molecule has 2 aliphatic rings. The minimum atomic E-state index is -0.617. The molecule has 3 N–H and O–H groups in total. The van der Waals surface area contributed by atoms with Gasteiger partial charge in [-0.05, 0) is 36.6 Å². The fourth-order valence-corrected chi connectivity index (χ4v) is 4.26. The standard InChI is InChI=1S/C22H23N3O3/c23-20(26)16-10-4-5-12-18(16)24-21(27)17-11-6-7-14-13-25(22(28)19(14)17)15-8-2-1-3-9-15/h4-7,10-12,15H,1-3,8-9,13H2,(H2,23,26)(H,24,27). The minimum Gasteiger partial charge on any atom is -0.366 e. The van der Waals surface area contributed by atoms with Gasteiger partial charge in [0.2, 0.25) is 0 Å². The van der Waals surface area contributed by atoms with Crippen LogP contribution in [-0.4, -0.2) is 28.7 Å². The summed E-state index contributed by atoms with van der Waals surface area (Å²) in [4.78, 5) is 39.6. The summed E-state index contributed by atoms with van der Waals surface area (Å²) in [6.07, 6.45) is 5.54. The third-order valence-electron chi connectivity index (χ3n) is 5.67. The zero-order valence-electron chi connectivity index (χ0n) is 15.6. The molecule has 1 heterocycles. The van der Waals surface area contributed by atoms with Crippen LogP contribution in [0.15, 0.2) is 42.5 Å². The second-order valence-corrected chi connectivity index (χ2v) is 7.43. The summed E-state index contributed by atoms with van der Waals surface area (Å²) in [5, 5.41) is 2.74. The minimum absolute atomic E-state index is 0.0733. The van der Waals surface area contributed by atoms with Gasteiger partial charge < -0.3 is 16.0 Å². The SMILES string of the molecule is NC(=O)c1ccccc1NC(=O)c1cccc2c1C(=O)N(C1CCCCC1)C2. The van der Waals surface area contributed by atoms with Crippen LogP contribution in [0.25, 0.3) is 0 Å². The molecular weight excluding hydrogens is 354 g/mol. The quantitative estimate of drug-likeness (QED) is 0.856. The molecule has 0 unspecified atom stereocenters. The van der Waals surface area contributed by atoms with E-state index >= 15 is 0 Å². The summed E-state index contributed by atoms with van der Waals surface area (Å²) in [5.41, 5.74) is 7.65. The van der Waals surface area contributed by atoms with E-state index < -0.39 is 11.8 Å². The highest BCUT2D eigenvalue weighted by Crippen LogP contribution is 2.33. The summed E-state index contributed by atoms with van der Waals surface area (Å²) in [6, 6.07) is 12.2. The molecule has 28 heavy (non-hydrogen) atoms. The predicted octanol–water partition coefficient (Wildman–Crippen LogP) is 3.33. The first-order chi connectivity index (χ1) is 13.6. The number of primary amides is 1. The normalized spacial score (nSPS) is 16.7. The van der Waals surface area contributed by atoms with Crippen LogP contribution in [0.1, 0.15) is 68.7 Å². The van der Waals surface area contributed by atoms with E-state index in [0.29, 0.717) is 23.4 Å². The van der Waals surface area contributed by atoms with Crippen molar-refractivity contribution in [2.75, 3.05) is 5.32 Å². The lowest BCUT2D eigenvalue weighted by atomic mass is 9.94. The Hall–Kier alpha value is -3.15. The number of rotatable bonds is 4. The molecule has 3 amide bonds. The topological polar surface area (TPSA) is 92.5 Å². The van der Waals surface area contributed by atoms with Crippen molar-refractivity contribution in [3.63, 3.8) is 0 Å². The van der Waals surface area contributed by atoms with Gasteiger partial charge in [0.15, 0.2) is 0 Å². The van der Waals surface area contributed by atoms with Crippen molar-refractivity contribution in [3.05, 3.63) is 64.7 Å². The van der Waals surface area contributed by atoms with Crippen LogP contribution in [0.2, 0.25) is 0 Å². The summed E-state index contributed by atoms with van der Waals surface area (Å²) < 4.78 is 0. The number of para-hydroxylation sites is 1. The molecule has 1 aliphatic heterocycles. The van der Waals surface area contributed by atoms with Gasteiger partial charge in [-0.25, -0.2) is 0 Å². The van der Waals surface area contributed by atoms with Gasteiger partial charge in [-0.3, -0.25) is 14.4 Å². The van der Waals surface area contributed by atoms with E-state index in [1.165, 1.54) is 6.42 Å². The Labute approximate surface area is 163 Å². The van der Waals surface area contributed by atoms with E-state index in [0.717, 1.165) is 31.2 Å². The van der Waals surface area contributed by atoms with Crippen LogP contribution in [0.4, 0.5) is 5.69 Å². The molecule has 0 spiro atoms. The Morgan fingerprint density at radius 3 is 2.43 bits per heavy atom. The third kappa shape index (κ3) is 3.26. The average Bonchev–Trinajstić information content (AvgIpc) is 3.05. The fraction of sp³-hybridized carbons (Fsp3) is 0.318. The number of nitrogens with zero attached hydrogens (tertiary/aromatic N) is 1. The number of benzene rings is 2. The van der Waals surface area contributed by atoms with Crippen molar-refractivity contribution in [2.24, 2.45) is 5.73 Å². The molecule has 0 radical (unpaired) electrons. The molecule has 1 saturated carbocycles. The monoisotopic (exact) mass is 377 g/mol. The van der Waals surface area contributed by atoms with E-state index in [2.05, 4.69) is 5.32 Å². The molecule has 6 heteroatoms. The summed E-state index contributed by atoms with van der Waals surface area (Å²) in [7, 11) is 0. The highest BCUT2D eigenvalue weighted by molar-refractivity contribution is 6.15. The maximum Gasteiger partial charge on any atom is 0.256 e. The summed E-state index contributed by atoms with van der Waals surface area (Å²) >= 11 is 0. The van der Waals surface area contributed by atoms with Gasteiger partial charge in [-0.2, -0.15) is 0 Å². The number of amides is 3. The van der Waals surface area contributed by atoms with Crippen molar-refractivity contribution >= 4 is 23.4 Å². The van der Waals surface area contributed by atoms with E-state index in [1.807, 2.05) is 11.0 Å². The zero-order chi connectivity index (χ0) is 19.7. The Balaban J connectivity index is 1.62. The molecule has 2 aromatic rings. The van der Waals surface area contributed by atoms with E-state index in [1.54, 1.807) is 36.4 Å². The molecule has 0 bridgehead atoms. The van der Waals surface area contributed by atoms with Crippen LogP contribution < -0.4 is 11.1 Å². The third-order valence-corrected chi connectivity index (χ3v) is 5.67. The van der Waals surface area contributed by atoms with Gasteiger partial charge >= 0.3 is 0 Å². The second-order valence-electron chi connectivity index (χ2n) is 7.43. The largest absolute Gasteiger partial charge is 0.366 e. The van der Waals surface area contributed by atoms with E-state index in [9.17, 15) is 14.4 Å². The Morgan fingerprint density at radius 2 is 1.68 bits per heavy atom. The van der Waals surface area contributed by atoms with E-state index in [4.69, 9.17) is 5.73 Å². The van der Waals surface area contributed by atoms with Crippen LogP contribution >= 0.6 is 0 Å². The highest BCUT2D eigenvalue weighted by Gasteiger charge is 2.36. The van der Waals surface area contributed by atoms with Crippen molar-refractivity contribution in [3.8, 4) is 0 Å². The number of carbonyl (C=O) groups excluding carboxylic acids is 3. The van der Waals surface area contributed by atoms with Crippen molar-refractivity contribution in [1.29, 1.82) is 0 Å². The number of hydrogen-bond donors (Lipinski definition) is 2. The lowest BCUT2D eigenvalue weighted by Crippen LogP contribution is -2.37. The van der Waals surface area contributed by atoms with Gasteiger partial charge in [-0.15, -0.1) is 0 Å². The zero-order valence-corrected chi connectivity index (χ0v) is 15.6. The molecule has 144 valence electrons. The van der Waals surface area contributed by atoms with Gasteiger partial charge in [0, 0.05) is 12.6 Å². The first-order valence-corrected chi connectivity index (χ1v) is 9.69. The second kappa shape index (κ2) is 7.46. The van der Waals surface area contributed by atoms with Crippen molar-refractivity contribution < 1.29 is 14.4 Å². The Bertz CT molecular complexity index is 948. The molecule has 0 saturated heterocycles. The van der Waals surface area contributed by atoms with Gasteiger partial charge in [-0.1, -0.05) is 43.5 Å². The van der Waals surface area contributed by atoms with E-state index in [-0.39, 0.29) is 17.5 Å². The lowest BCUT2D eigenvalue weighted by molar-refractivity contribution is 0.0657. The lowest BCUT2D eigenvalue weighted by Gasteiger charge is -2.30. The summed E-state index contributed by atoms with van der Waals surface area (Å²) in [6.45, 7) is 0.553. The number of carbonyl (C=O) groups is 3. The maximum absolute atomic E-state index is 13.1. The van der Waals surface area contributed by atoms with Crippen LogP contribution in [0.3, 0.4) is 0 Å². The Morgan fingerprint density at radius 1 is 0.964 bits per heavy atom. The fourth-order valence-electron chi connectivity index (χ4n) is 4.26. The summed E-state index contributed by atoms with van der Waals surface area (Å²) in [5.74, 6) is -1.10. The first kappa shape index (κ1) is 18.2. The van der Waals surface area contributed by atoms with Crippen LogP contribution in [-0.2, 0) is 6.54 Å². The molecule has 1 aliphatic carbocycles. The number of nitrogens with one attached hydrogen (secondary N) is 1. The smallest absolute Gasteiger partial charge is 0.256 e. The molecule has 6 nitrogen and oxygen atoms in total. The van der Waals surface area contributed by atoms with Crippen LogP contribution in [0.5, 0.6) is 0 Å². The molecule has 0 aromatic heterocycles. The van der Waals surface area contributed by atoms with Gasteiger partial charge in [0.1, 0.15) is 0 Å². The van der Waals surface area contributed by atoms with Crippen molar-refractivity contribution in [2.45, 2.75) is 44.7 Å². The van der Waals surface area contributed by atoms with Gasteiger partial charge in [0.05, 0.1) is 22.4 Å². The first-order valence-electron chi connectivity index (χ1n) is 9.69.